The fourth-order valence-corrected chi connectivity index (χ4v) is 2.49. The number of imidazole rings is 1. The van der Waals surface area contributed by atoms with Crippen LogP contribution in [0.4, 0.5) is 0 Å². The fraction of sp³-hybridized carbons (Fsp3) is 0.143. The van der Waals surface area contributed by atoms with Gasteiger partial charge in [0, 0.05) is 29.4 Å². The molecule has 0 amide bonds. The van der Waals surface area contributed by atoms with Gasteiger partial charge < -0.3 is 0 Å². The van der Waals surface area contributed by atoms with Crippen LogP contribution in [0.15, 0.2) is 53.9 Å². The molecule has 0 saturated heterocycles. The van der Waals surface area contributed by atoms with E-state index in [1.807, 2.05) is 23.0 Å². The maximum absolute atomic E-state index is 4.38. The summed E-state index contributed by atoms with van der Waals surface area (Å²) in [5.41, 5.74) is 3.41. The van der Waals surface area contributed by atoms with Gasteiger partial charge >= 0.3 is 0 Å². The van der Waals surface area contributed by atoms with Crippen molar-refractivity contribution in [3.63, 3.8) is 0 Å². The SMILES string of the molecule is CSc1cccc(Cc2cnc3ccncn23)c1. The smallest absolute Gasteiger partial charge is 0.139 e. The second kappa shape index (κ2) is 4.82. The van der Waals surface area contributed by atoms with Gasteiger partial charge in [-0.05, 0) is 30.0 Å². The number of hydrogen-bond acceptors (Lipinski definition) is 3. The van der Waals surface area contributed by atoms with E-state index in [-0.39, 0.29) is 0 Å². The third kappa shape index (κ3) is 2.11. The lowest BCUT2D eigenvalue weighted by atomic mass is 10.1. The zero-order valence-electron chi connectivity index (χ0n) is 10.1. The number of benzene rings is 1. The first-order chi connectivity index (χ1) is 8.86. The molecule has 0 atom stereocenters. The van der Waals surface area contributed by atoms with Crippen molar-refractivity contribution in [2.24, 2.45) is 0 Å². The summed E-state index contributed by atoms with van der Waals surface area (Å²) in [5, 5.41) is 0. The number of rotatable bonds is 3. The molecule has 0 aliphatic heterocycles. The largest absolute Gasteiger partial charge is 0.287 e. The Labute approximate surface area is 110 Å². The lowest BCUT2D eigenvalue weighted by Crippen LogP contribution is -1.95. The normalized spacial score (nSPS) is 10.9. The van der Waals surface area contributed by atoms with Gasteiger partial charge in [-0.15, -0.1) is 11.8 Å². The molecular weight excluding hydrogens is 242 g/mol. The molecule has 2 heterocycles. The molecule has 0 radical (unpaired) electrons. The van der Waals surface area contributed by atoms with E-state index >= 15 is 0 Å². The Morgan fingerprint density at radius 1 is 1.28 bits per heavy atom. The zero-order chi connectivity index (χ0) is 12.4. The monoisotopic (exact) mass is 255 g/mol. The second-order valence-electron chi connectivity index (χ2n) is 4.09. The quantitative estimate of drug-likeness (QED) is 0.674. The van der Waals surface area contributed by atoms with Crippen molar-refractivity contribution in [1.29, 1.82) is 0 Å². The van der Waals surface area contributed by atoms with Crippen molar-refractivity contribution >= 4 is 17.4 Å². The maximum Gasteiger partial charge on any atom is 0.139 e. The molecule has 18 heavy (non-hydrogen) atoms. The van der Waals surface area contributed by atoms with E-state index in [1.54, 1.807) is 18.0 Å². The van der Waals surface area contributed by atoms with Crippen molar-refractivity contribution in [2.75, 3.05) is 6.26 Å². The predicted molar refractivity (Wildman–Crippen MR) is 74.0 cm³/mol. The Morgan fingerprint density at radius 2 is 2.22 bits per heavy atom. The third-order valence-corrected chi connectivity index (χ3v) is 3.64. The van der Waals surface area contributed by atoms with Gasteiger partial charge in [0.25, 0.3) is 0 Å². The molecule has 0 spiro atoms. The molecular formula is C14H13N3S. The Morgan fingerprint density at radius 3 is 3.11 bits per heavy atom. The van der Waals surface area contributed by atoms with Gasteiger partial charge in [0.2, 0.25) is 0 Å². The summed E-state index contributed by atoms with van der Waals surface area (Å²) in [6.07, 6.45) is 8.47. The van der Waals surface area contributed by atoms with E-state index in [9.17, 15) is 0 Å². The topological polar surface area (TPSA) is 30.2 Å². The fourth-order valence-electron chi connectivity index (χ4n) is 2.01. The summed E-state index contributed by atoms with van der Waals surface area (Å²) in [7, 11) is 0. The molecule has 0 unspecified atom stereocenters. The summed E-state index contributed by atoms with van der Waals surface area (Å²) in [5.74, 6) is 0. The molecule has 1 aromatic carbocycles. The standard InChI is InChI=1S/C14H13N3S/c1-18-13-4-2-3-11(8-13)7-12-9-16-14-5-6-15-10-17(12)14/h2-6,8-10H,7H2,1H3. The highest BCUT2D eigenvalue weighted by molar-refractivity contribution is 7.98. The van der Waals surface area contributed by atoms with E-state index in [4.69, 9.17) is 0 Å². The molecule has 3 rings (SSSR count). The molecule has 90 valence electrons. The zero-order valence-corrected chi connectivity index (χ0v) is 10.9. The molecule has 4 heteroatoms. The van der Waals surface area contributed by atoms with Crippen molar-refractivity contribution in [1.82, 2.24) is 14.4 Å². The molecule has 0 bridgehead atoms. The number of hydrogen-bond donors (Lipinski definition) is 0. The van der Waals surface area contributed by atoms with Crippen LogP contribution in [0.3, 0.4) is 0 Å². The van der Waals surface area contributed by atoms with Gasteiger partial charge in [-0.1, -0.05) is 12.1 Å². The lowest BCUT2D eigenvalue weighted by Gasteiger charge is -2.03. The third-order valence-electron chi connectivity index (χ3n) is 2.91. The number of aromatic nitrogens is 3. The molecule has 0 aliphatic rings. The Kier molecular flexibility index (Phi) is 3.02. The number of nitrogens with zero attached hydrogens (tertiary/aromatic N) is 3. The second-order valence-corrected chi connectivity index (χ2v) is 4.97. The van der Waals surface area contributed by atoms with Gasteiger partial charge in [0.05, 0.1) is 0 Å². The van der Waals surface area contributed by atoms with E-state index < -0.39 is 0 Å². The highest BCUT2D eigenvalue weighted by atomic mass is 32.2. The molecule has 0 aliphatic carbocycles. The summed E-state index contributed by atoms with van der Waals surface area (Å²) in [6.45, 7) is 0. The number of thioether (sulfide) groups is 1. The molecule has 0 N–H and O–H groups in total. The minimum atomic E-state index is 0.876. The van der Waals surface area contributed by atoms with Crippen molar-refractivity contribution in [3.05, 3.63) is 60.3 Å². The minimum Gasteiger partial charge on any atom is -0.287 e. The van der Waals surface area contributed by atoms with Crippen LogP contribution in [-0.2, 0) is 6.42 Å². The van der Waals surface area contributed by atoms with Gasteiger partial charge in [0.15, 0.2) is 0 Å². The van der Waals surface area contributed by atoms with E-state index in [1.165, 1.54) is 10.5 Å². The lowest BCUT2D eigenvalue weighted by molar-refractivity contribution is 0.984. The Bertz CT molecular complexity index is 675. The molecule has 3 nitrogen and oxygen atoms in total. The first kappa shape index (κ1) is 11.3. The van der Waals surface area contributed by atoms with E-state index in [0.29, 0.717) is 0 Å². The van der Waals surface area contributed by atoms with Crippen LogP contribution in [0, 0.1) is 0 Å². The molecule has 2 aromatic heterocycles. The van der Waals surface area contributed by atoms with Crippen molar-refractivity contribution in [3.8, 4) is 0 Å². The van der Waals surface area contributed by atoms with E-state index in [2.05, 4.69) is 40.5 Å². The summed E-state index contributed by atoms with van der Waals surface area (Å²) in [6, 6.07) is 10.5. The summed E-state index contributed by atoms with van der Waals surface area (Å²) < 4.78 is 2.03. The Balaban J connectivity index is 1.96. The Hall–Kier alpha value is -1.81. The first-order valence-corrected chi connectivity index (χ1v) is 6.98. The van der Waals surface area contributed by atoms with Gasteiger partial charge in [-0.25, -0.2) is 9.97 Å². The van der Waals surface area contributed by atoms with Crippen LogP contribution in [0.2, 0.25) is 0 Å². The van der Waals surface area contributed by atoms with Crippen molar-refractivity contribution < 1.29 is 0 Å². The van der Waals surface area contributed by atoms with Crippen molar-refractivity contribution in [2.45, 2.75) is 11.3 Å². The van der Waals surface area contributed by atoms with Crippen LogP contribution < -0.4 is 0 Å². The van der Waals surface area contributed by atoms with Crippen LogP contribution in [-0.4, -0.2) is 20.6 Å². The van der Waals surface area contributed by atoms with Gasteiger partial charge in [-0.3, -0.25) is 4.40 Å². The van der Waals surface area contributed by atoms with Crippen LogP contribution in [0.25, 0.3) is 5.65 Å². The number of fused-ring (bicyclic) bond motifs is 1. The van der Waals surface area contributed by atoms with Crippen LogP contribution in [0.5, 0.6) is 0 Å². The predicted octanol–water partition coefficient (Wildman–Crippen LogP) is 3.04. The highest BCUT2D eigenvalue weighted by Crippen LogP contribution is 2.18. The van der Waals surface area contributed by atoms with Crippen LogP contribution in [0.1, 0.15) is 11.3 Å². The van der Waals surface area contributed by atoms with Gasteiger partial charge in [0.1, 0.15) is 12.0 Å². The highest BCUT2D eigenvalue weighted by Gasteiger charge is 2.04. The van der Waals surface area contributed by atoms with Crippen LogP contribution >= 0.6 is 11.8 Å². The molecule has 3 aromatic rings. The summed E-state index contributed by atoms with van der Waals surface area (Å²) >= 11 is 1.76. The minimum absolute atomic E-state index is 0.876. The van der Waals surface area contributed by atoms with E-state index in [0.717, 1.165) is 17.8 Å². The van der Waals surface area contributed by atoms with Gasteiger partial charge in [-0.2, -0.15) is 0 Å². The average Bonchev–Trinajstić information content (AvgIpc) is 2.83. The average molecular weight is 255 g/mol. The molecule has 0 fully saturated rings. The first-order valence-electron chi connectivity index (χ1n) is 5.76. The molecule has 0 saturated carbocycles. The maximum atomic E-state index is 4.38. The summed E-state index contributed by atoms with van der Waals surface area (Å²) in [4.78, 5) is 9.81.